The molecule has 4 atom stereocenters. The fourth-order valence-corrected chi connectivity index (χ4v) is 4.64. The van der Waals surface area contributed by atoms with Crippen LogP contribution >= 0.6 is 0 Å². The number of unbranched alkanes of at least 4 members (excludes halogenated alkanes) is 5. The summed E-state index contributed by atoms with van der Waals surface area (Å²) >= 11 is 0. The minimum absolute atomic E-state index is 0. The van der Waals surface area contributed by atoms with Crippen molar-refractivity contribution in [3.05, 3.63) is 46.5 Å². The fourth-order valence-electron chi connectivity index (χ4n) is 4.64. The molecule has 0 saturated heterocycles. The van der Waals surface area contributed by atoms with Gasteiger partial charge in [-0.2, -0.15) is 0 Å². The molecule has 12 nitrogen and oxygen atoms in total. The van der Waals surface area contributed by atoms with Crippen molar-refractivity contribution in [2.45, 2.75) is 217 Å². The molecule has 4 unspecified atom stereocenters. The molecule has 0 spiro atoms. The van der Waals surface area contributed by atoms with Gasteiger partial charge in [0.25, 0.3) is 5.69 Å². The highest BCUT2D eigenvalue weighted by atomic mass is 16.6. The summed E-state index contributed by atoms with van der Waals surface area (Å²) in [6, 6.07) is 5.51. The van der Waals surface area contributed by atoms with Gasteiger partial charge in [0.2, 0.25) is 0 Å². The number of nitro benzene ring substituents is 1. The second kappa shape index (κ2) is 49.3. The Labute approximate surface area is 359 Å². The van der Waals surface area contributed by atoms with Crippen molar-refractivity contribution in [2.24, 2.45) is 0 Å². The molecule has 0 saturated carbocycles. The van der Waals surface area contributed by atoms with Gasteiger partial charge in [-0.05, 0) is 45.2 Å². The third-order valence-electron chi connectivity index (χ3n) is 7.17. The van der Waals surface area contributed by atoms with E-state index in [0.29, 0.717) is 18.6 Å². The number of carbonyl (C=O) groups is 4. The lowest BCUT2D eigenvalue weighted by atomic mass is 10.1. The molecule has 0 aliphatic rings. The standard InChI is InChI=1S/C35H53NO11.11CH4/c1-6-8-10-11-12-13-14-16-30(21-26(3)37)46-35(40)23-31(15-9-7-2)47-33(38)22-27(4)45-34(39)24-32(43-5)25-44-29-19-17-28(18-20-29)36(41)42;;;;;;;;;;;/h13-14,17-20,27,30-32H,6-12,15-16,21-25H2,1-5H3;11*1H4. The summed E-state index contributed by atoms with van der Waals surface area (Å²) in [7, 11) is 1.41. The predicted octanol–water partition coefficient (Wildman–Crippen LogP) is 14.0. The largest absolute Gasteiger partial charge is 0.491 e. The van der Waals surface area contributed by atoms with Gasteiger partial charge in [-0.15, -0.1) is 0 Å². The number of allylic oxidation sites excluding steroid dienone is 1. The average molecular weight is 840 g/mol. The SMILES string of the molecule is C.C.C.C.C.C.C.C.C.C.C.CCCCCCC=CCC(CC(C)=O)OC(=O)CC(CCCC)OC(=O)CC(C)OC(=O)CC(COc1ccc([N+](=O)[O-])cc1)OC. The van der Waals surface area contributed by atoms with Gasteiger partial charge in [0.15, 0.2) is 0 Å². The smallest absolute Gasteiger partial charge is 0.309 e. The maximum atomic E-state index is 12.8. The molecule has 0 bridgehead atoms. The van der Waals surface area contributed by atoms with E-state index in [9.17, 15) is 29.3 Å². The van der Waals surface area contributed by atoms with Crippen molar-refractivity contribution in [3.63, 3.8) is 0 Å². The van der Waals surface area contributed by atoms with Crippen molar-refractivity contribution in [2.75, 3.05) is 13.7 Å². The maximum absolute atomic E-state index is 12.8. The van der Waals surface area contributed by atoms with Gasteiger partial charge < -0.3 is 23.7 Å². The maximum Gasteiger partial charge on any atom is 0.309 e. The number of benzene rings is 1. The Balaban J connectivity index is -0.000000223. The number of nitrogens with zero attached hydrogens (tertiary/aromatic N) is 1. The molecule has 0 aliphatic carbocycles. The molecule has 0 amide bonds. The Morgan fingerprint density at radius 2 is 1.16 bits per heavy atom. The summed E-state index contributed by atoms with van der Waals surface area (Å²) in [5, 5.41) is 10.8. The van der Waals surface area contributed by atoms with E-state index >= 15 is 0 Å². The highest BCUT2D eigenvalue weighted by Crippen LogP contribution is 2.19. The normalized spacial score (nSPS) is 11.1. The molecule has 1 rings (SSSR count). The van der Waals surface area contributed by atoms with Crippen LogP contribution in [0.25, 0.3) is 0 Å². The van der Waals surface area contributed by atoms with Crippen molar-refractivity contribution < 1.29 is 47.8 Å². The molecule has 12 heteroatoms. The molecule has 0 N–H and O–H groups in total. The summed E-state index contributed by atoms with van der Waals surface area (Å²) in [5.74, 6) is -1.46. The number of rotatable bonds is 26. The minimum Gasteiger partial charge on any atom is -0.491 e. The zero-order valence-corrected chi connectivity index (χ0v) is 28.6. The van der Waals surface area contributed by atoms with Crippen LogP contribution in [0, 0.1) is 10.1 Å². The lowest BCUT2D eigenvalue weighted by molar-refractivity contribution is -0.384. The van der Waals surface area contributed by atoms with Crippen LogP contribution in [-0.4, -0.2) is 66.7 Å². The van der Waals surface area contributed by atoms with Gasteiger partial charge in [-0.3, -0.25) is 29.3 Å². The van der Waals surface area contributed by atoms with Gasteiger partial charge in [0.05, 0.1) is 24.2 Å². The predicted molar refractivity (Wildman–Crippen MR) is 250 cm³/mol. The van der Waals surface area contributed by atoms with E-state index in [1.165, 1.54) is 57.6 Å². The third kappa shape index (κ3) is 40.4. The fraction of sp³-hybridized carbons (Fsp3) is 0.739. The molecule has 0 radical (unpaired) electrons. The van der Waals surface area contributed by atoms with Crippen LogP contribution in [0.3, 0.4) is 0 Å². The van der Waals surface area contributed by atoms with Gasteiger partial charge in [-0.25, -0.2) is 0 Å². The van der Waals surface area contributed by atoms with Gasteiger partial charge in [-0.1, -0.05) is 140 Å². The van der Waals surface area contributed by atoms with E-state index in [0.717, 1.165) is 25.7 Å². The molecule has 0 fully saturated rings. The van der Waals surface area contributed by atoms with Crippen LogP contribution in [0.2, 0.25) is 0 Å². The summed E-state index contributed by atoms with van der Waals surface area (Å²) in [6.07, 6.45) is 8.92. The molecule has 1 aromatic rings. The molecule has 58 heavy (non-hydrogen) atoms. The minimum atomic E-state index is -0.796. The number of carbonyl (C=O) groups excluding carboxylic acids is 4. The van der Waals surface area contributed by atoms with Crippen LogP contribution in [-0.2, 0) is 38.1 Å². The van der Waals surface area contributed by atoms with Crippen LogP contribution in [0.4, 0.5) is 5.69 Å². The van der Waals surface area contributed by atoms with Crippen molar-refractivity contribution in [1.82, 2.24) is 0 Å². The number of ketones is 1. The van der Waals surface area contributed by atoms with Crippen LogP contribution in [0.5, 0.6) is 5.75 Å². The molecule has 352 valence electrons. The highest BCUT2D eigenvalue weighted by molar-refractivity contribution is 5.77. The Morgan fingerprint density at radius 1 is 0.655 bits per heavy atom. The molecule has 0 aromatic heterocycles. The lowest BCUT2D eigenvalue weighted by Crippen LogP contribution is -2.29. The summed E-state index contributed by atoms with van der Waals surface area (Å²) in [5.41, 5.74) is -0.0709. The molecular weight excluding hydrogens is 743 g/mol. The second-order valence-electron chi connectivity index (χ2n) is 11.7. The summed E-state index contributed by atoms with van der Waals surface area (Å²) in [4.78, 5) is 60.1. The number of esters is 3. The lowest BCUT2D eigenvalue weighted by Gasteiger charge is -2.21. The van der Waals surface area contributed by atoms with Crippen molar-refractivity contribution in [1.29, 1.82) is 0 Å². The van der Waals surface area contributed by atoms with E-state index in [1.807, 2.05) is 13.0 Å². The molecule has 0 aliphatic heterocycles. The topological polar surface area (TPSA) is 158 Å². The number of hydrogen-bond donors (Lipinski definition) is 0. The molecule has 1 aromatic carbocycles. The Bertz CT molecular complexity index is 1120. The first kappa shape index (κ1) is 82.2. The number of hydrogen-bond acceptors (Lipinski definition) is 11. The zero-order valence-electron chi connectivity index (χ0n) is 28.6. The first-order chi connectivity index (χ1) is 22.5. The van der Waals surface area contributed by atoms with Gasteiger partial charge in [0.1, 0.15) is 42.6 Å². The number of nitro groups is 1. The first-order valence-electron chi connectivity index (χ1n) is 16.6. The van der Waals surface area contributed by atoms with E-state index in [2.05, 4.69) is 13.0 Å². The zero-order chi connectivity index (χ0) is 35.0. The van der Waals surface area contributed by atoms with E-state index < -0.39 is 47.2 Å². The van der Waals surface area contributed by atoms with Crippen molar-refractivity contribution >= 4 is 29.4 Å². The van der Waals surface area contributed by atoms with Gasteiger partial charge >= 0.3 is 17.9 Å². The van der Waals surface area contributed by atoms with E-state index in [1.54, 1.807) is 6.92 Å². The molecular formula is C46H97NO11. The summed E-state index contributed by atoms with van der Waals surface area (Å²) in [6.45, 7) is 7.17. The Morgan fingerprint density at radius 3 is 1.66 bits per heavy atom. The quantitative estimate of drug-likeness (QED) is 0.0218. The third-order valence-corrected chi connectivity index (χ3v) is 7.17. The van der Waals surface area contributed by atoms with Crippen LogP contribution < -0.4 is 4.74 Å². The number of methoxy groups -OCH3 is 1. The number of Topliss-reactive ketones (excluding diaryl/α,β-unsaturated/α-hetero) is 1. The number of ether oxygens (including phenoxy) is 5. The first-order valence-corrected chi connectivity index (χ1v) is 16.6. The van der Waals surface area contributed by atoms with Crippen molar-refractivity contribution in [3.8, 4) is 5.75 Å². The van der Waals surface area contributed by atoms with Crippen LogP contribution in [0.1, 0.15) is 193 Å². The van der Waals surface area contributed by atoms with Crippen LogP contribution in [0.15, 0.2) is 36.4 Å². The van der Waals surface area contributed by atoms with Gasteiger partial charge in [0, 0.05) is 32.1 Å². The highest BCUT2D eigenvalue weighted by Gasteiger charge is 2.25. The monoisotopic (exact) mass is 840 g/mol. The Hall–Kier alpha value is -3.80. The summed E-state index contributed by atoms with van der Waals surface area (Å²) < 4.78 is 27.5. The average Bonchev–Trinajstić information content (AvgIpc) is 3.00. The Kier molecular flexibility index (Phi) is 69.9. The molecule has 0 heterocycles. The van der Waals surface area contributed by atoms with E-state index in [4.69, 9.17) is 23.7 Å². The number of non-ortho nitro benzene ring substituents is 1. The van der Waals surface area contributed by atoms with E-state index in [-0.39, 0.29) is 125 Å². The second-order valence-corrected chi connectivity index (χ2v) is 11.7.